The molecule has 0 radical (unpaired) electrons. The molecular weight excluding hydrogens is 220 g/mol. The highest BCUT2D eigenvalue weighted by molar-refractivity contribution is 5.64. The molecule has 0 spiro atoms. The summed E-state index contributed by atoms with van der Waals surface area (Å²) in [7, 11) is 0. The van der Waals surface area contributed by atoms with Crippen molar-refractivity contribution in [3.05, 3.63) is 24.0 Å². The van der Waals surface area contributed by atoms with Crippen molar-refractivity contribution in [3.63, 3.8) is 0 Å². The van der Waals surface area contributed by atoms with Crippen molar-refractivity contribution in [2.24, 2.45) is 5.92 Å². The number of pyridine rings is 1. The number of ether oxygens (including phenoxy) is 1. The minimum atomic E-state index is -1.01. The first kappa shape index (κ1) is 11.7. The van der Waals surface area contributed by atoms with Crippen molar-refractivity contribution in [1.82, 2.24) is 10.3 Å². The minimum absolute atomic E-state index is 0.0612. The lowest BCUT2D eigenvalue weighted by Crippen LogP contribution is -2.38. The predicted molar refractivity (Wildman–Crippen MR) is 62.3 cm³/mol. The van der Waals surface area contributed by atoms with E-state index in [1.807, 2.05) is 19.1 Å². The van der Waals surface area contributed by atoms with Crippen LogP contribution < -0.4 is 10.1 Å². The Balaban J connectivity index is 2.25. The lowest BCUT2D eigenvalue weighted by atomic mass is 9.84. The maximum absolute atomic E-state index is 10.6. The van der Waals surface area contributed by atoms with Gasteiger partial charge in [0, 0.05) is 24.6 Å². The molecule has 3 atom stereocenters. The van der Waals surface area contributed by atoms with Gasteiger partial charge in [-0.1, -0.05) is 6.92 Å². The van der Waals surface area contributed by atoms with Crippen LogP contribution in [0.25, 0.3) is 0 Å². The third-order valence-electron chi connectivity index (χ3n) is 3.31. The molecule has 1 aromatic rings. The van der Waals surface area contributed by atoms with Crippen molar-refractivity contribution in [1.29, 1.82) is 0 Å². The molecule has 0 fully saturated rings. The Bertz CT molecular complexity index is 422. The zero-order valence-corrected chi connectivity index (χ0v) is 9.88. The van der Waals surface area contributed by atoms with Crippen LogP contribution in [-0.4, -0.2) is 28.8 Å². The number of carboxylic acid groups (broad SMARTS) is 1. The number of rotatable bonds is 2. The second-order valence-electron chi connectivity index (χ2n) is 4.36. The Morgan fingerprint density at radius 2 is 2.35 bits per heavy atom. The van der Waals surface area contributed by atoms with Crippen LogP contribution in [0, 0.1) is 5.92 Å². The van der Waals surface area contributed by atoms with Crippen LogP contribution in [0.2, 0.25) is 0 Å². The summed E-state index contributed by atoms with van der Waals surface area (Å²) in [5.41, 5.74) is 0.840. The van der Waals surface area contributed by atoms with Gasteiger partial charge >= 0.3 is 6.09 Å². The maximum atomic E-state index is 10.6. The fraction of sp³-hybridized carbons (Fsp3) is 0.500. The van der Waals surface area contributed by atoms with E-state index in [1.165, 1.54) is 0 Å². The summed E-state index contributed by atoms with van der Waals surface area (Å²) in [4.78, 5) is 14.9. The first-order chi connectivity index (χ1) is 8.09. The molecular formula is C12H16N2O3. The van der Waals surface area contributed by atoms with Gasteiger partial charge in [0.2, 0.25) is 0 Å². The van der Waals surface area contributed by atoms with Gasteiger partial charge in [0.05, 0.1) is 11.8 Å². The molecule has 0 unspecified atom stereocenters. The van der Waals surface area contributed by atoms with E-state index < -0.39 is 6.09 Å². The zero-order chi connectivity index (χ0) is 12.4. The van der Waals surface area contributed by atoms with Gasteiger partial charge in [-0.15, -0.1) is 0 Å². The van der Waals surface area contributed by atoms with E-state index in [9.17, 15) is 4.79 Å². The molecule has 2 heterocycles. The van der Waals surface area contributed by atoms with Gasteiger partial charge < -0.3 is 15.2 Å². The van der Waals surface area contributed by atoms with Crippen molar-refractivity contribution in [2.45, 2.75) is 25.9 Å². The molecule has 92 valence electrons. The van der Waals surface area contributed by atoms with Crippen LogP contribution in [0.15, 0.2) is 18.3 Å². The van der Waals surface area contributed by atoms with E-state index in [4.69, 9.17) is 9.84 Å². The Labute approximate surface area is 99.8 Å². The number of hydrogen-bond acceptors (Lipinski definition) is 3. The number of hydrogen-bond donors (Lipinski definition) is 2. The van der Waals surface area contributed by atoms with Crippen molar-refractivity contribution in [3.8, 4) is 5.75 Å². The van der Waals surface area contributed by atoms with Gasteiger partial charge in [0.1, 0.15) is 5.75 Å². The monoisotopic (exact) mass is 236 g/mol. The fourth-order valence-electron chi connectivity index (χ4n) is 2.14. The number of carbonyl (C=O) groups is 1. The van der Waals surface area contributed by atoms with E-state index in [1.54, 1.807) is 6.20 Å². The van der Waals surface area contributed by atoms with Crippen LogP contribution >= 0.6 is 0 Å². The lowest BCUT2D eigenvalue weighted by molar-refractivity contribution is 0.113. The molecule has 0 saturated heterocycles. The number of aromatic nitrogens is 1. The van der Waals surface area contributed by atoms with Crippen LogP contribution in [-0.2, 0) is 0 Å². The van der Waals surface area contributed by atoms with Gasteiger partial charge in [0.15, 0.2) is 0 Å². The number of amides is 1. The normalized spacial score (nSPS) is 26.8. The minimum Gasteiger partial charge on any atom is -0.488 e. The van der Waals surface area contributed by atoms with E-state index in [0.717, 1.165) is 11.4 Å². The van der Waals surface area contributed by atoms with E-state index in [2.05, 4.69) is 17.2 Å². The highest BCUT2D eigenvalue weighted by Crippen LogP contribution is 2.37. The van der Waals surface area contributed by atoms with Crippen molar-refractivity contribution in [2.75, 3.05) is 6.54 Å². The molecule has 17 heavy (non-hydrogen) atoms. The molecule has 5 heteroatoms. The van der Waals surface area contributed by atoms with Gasteiger partial charge in [-0.2, -0.15) is 0 Å². The Hall–Kier alpha value is -1.78. The maximum Gasteiger partial charge on any atom is 0.404 e. The molecule has 2 N–H and O–H groups in total. The Kier molecular flexibility index (Phi) is 3.17. The molecule has 1 aliphatic rings. The Morgan fingerprint density at radius 3 is 3.06 bits per heavy atom. The SMILES string of the molecule is C[C@@H]1[C@H](C)Oc2cccnc2[C@H]1CNC(=O)O. The van der Waals surface area contributed by atoms with Crippen molar-refractivity contribution < 1.29 is 14.6 Å². The first-order valence-corrected chi connectivity index (χ1v) is 5.68. The van der Waals surface area contributed by atoms with Crippen LogP contribution in [0.4, 0.5) is 4.79 Å². The number of nitrogens with zero attached hydrogens (tertiary/aromatic N) is 1. The molecule has 5 nitrogen and oxygen atoms in total. The van der Waals surface area contributed by atoms with Crippen LogP contribution in [0.3, 0.4) is 0 Å². The van der Waals surface area contributed by atoms with Crippen LogP contribution in [0.5, 0.6) is 5.75 Å². The van der Waals surface area contributed by atoms with Crippen LogP contribution in [0.1, 0.15) is 25.5 Å². The zero-order valence-electron chi connectivity index (χ0n) is 9.88. The summed E-state index contributed by atoms with van der Waals surface area (Å²) in [6, 6.07) is 3.70. The smallest absolute Gasteiger partial charge is 0.404 e. The summed E-state index contributed by atoms with van der Waals surface area (Å²) >= 11 is 0. The summed E-state index contributed by atoms with van der Waals surface area (Å²) in [5, 5.41) is 11.1. The standard InChI is InChI=1S/C12H16N2O3/c1-7-8(2)17-10-4-3-5-13-11(10)9(7)6-14-12(15)16/h3-5,7-9,14H,6H2,1-2H3,(H,15,16)/t7-,8+,9+/m1/s1. The largest absolute Gasteiger partial charge is 0.488 e. The first-order valence-electron chi connectivity index (χ1n) is 5.68. The number of fused-ring (bicyclic) bond motifs is 1. The summed E-state index contributed by atoms with van der Waals surface area (Å²) in [6.07, 6.45) is 0.764. The summed E-state index contributed by atoms with van der Waals surface area (Å²) < 4.78 is 5.74. The highest BCUT2D eigenvalue weighted by Gasteiger charge is 2.34. The second kappa shape index (κ2) is 4.61. The molecule has 1 aromatic heterocycles. The number of nitrogens with one attached hydrogen (secondary N) is 1. The van der Waals surface area contributed by atoms with Gasteiger partial charge in [-0.3, -0.25) is 4.98 Å². The van der Waals surface area contributed by atoms with E-state index in [0.29, 0.717) is 6.54 Å². The third-order valence-corrected chi connectivity index (χ3v) is 3.31. The van der Waals surface area contributed by atoms with Gasteiger partial charge in [-0.25, -0.2) is 4.79 Å². The van der Waals surface area contributed by atoms with E-state index >= 15 is 0 Å². The predicted octanol–water partition coefficient (Wildman–Crippen LogP) is 1.85. The third kappa shape index (κ3) is 2.33. The van der Waals surface area contributed by atoms with Gasteiger partial charge in [0.25, 0.3) is 0 Å². The quantitative estimate of drug-likeness (QED) is 0.822. The molecule has 1 amide bonds. The highest BCUT2D eigenvalue weighted by atomic mass is 16.5. The molecule has 1 aliphatic heterocycles. The molecule has 0 aliphatic carbocycles. The van der Waals surface area contributed by atoms with Crippen molar-refractivity contribution >= 4 is 6.09 Å². The molecule has 0 aromatic carbocycles. The Morgan fingerprint density at radius 1 is 1.59 bits per heavy atom. The molecule has 0 saturated carbocycles. The second-order valence-corrected chi connectivity index (χ2v) is 4.36. The topological polar surface area (TPSA) is 71.5 Å². The summed E-state index contributed by atoms with van der Waals surface area (Å²) in [6.45, 7) is 4.42. The lowest BCUT2D eigenvalue weighted by Gasteiger charge is -2.35. The molecule has 0 bridgehead atoms. The van der Waals surface area contributed by atoms with Gasteiger partial charge in [-0.05, 0) is 19.1 Å². The summed E-state index contributed by atoms with van der Waals surface area (Å²) in [5.74, 6) is 1.05. The van der Waals surface area contributed by atoms with E-state index in [-0.39, 0.29) is 17.9 Å². The average Bonchev–Trinajstić information content (AvgIpc) is 2.29. The molecule has 2 rings (SSSR count). The average molecular weight is 236 g/mol. The fourth-order valence-corrected chi connectivity index (χ4v) is 2.14.